The van der Waals surface area contributed by atoms with Crippen molar-refractivity contribution in [2.24, 2.45) is 0 Å². The molecule has 0 saturated carbocycles. The number of halogens is 2. The Labute approximate surface area is 236 Å². The van der Waals surface area contributed by atoms with Gasteiger partial charge in [-0.15, -0.1) is 0 Å². The third kappa shape index (κ3) is 5.10. The molecule has 0 saturated heterocycles. The second kappa shape index (κ2) is 11.0. The number of carbonyl (C=O) groups is 2. The first-order valence-electron chi connectivity index (χ1n) is 12.9. The number of rotatable bonds is 7. The summed E-state index contributed by atoms with van der Waals surface area (Å²) in [6, 6.07) is 24.6. The lowest BCUT2D eigenvalue weighted by molar-refractivity contribution is 0.0697. The molecule has 0 bridgehead atoms. The average Bonchev–Trinajstić information content (AvgIpc) is 3.19. The summed E-state index contributed by atoms with van der Waals surface area (Å²) in [5, 5.41) is 13.4. The largest absolute Gasteiger partial charge is 0.478 e. The Hall–Kier alpha value is -4.42. The number of carboxylic acid groups (broad SMARTS) is 1. The highest BCUT2D eigenvalue weighted by Crippen LogP contribution is 2.29. The van der Waals surface area contributed by atoms with Crippen molar-refractivity contribution in [2.45, 2.75) is 33.4 Å². The number of aromatic carboxylic acids is 1. The van der Waals surface area contributed by atoms with E-state index < -0.39 is 17.8 Å². The van der Waals surface area contributed by atoms with Gasteiger partial charge in [-0.25, -0.2) is 9.18 Å². The molecule has 5 nitrogen and oxygen atoms in total. The van der Waals surface area contributed by atoms with E-state index in [4.69, 9.17) is 11.6 Å². The van der Waals surface area contributed by atoms with E-state index in [0.717, 1.165) is 33.3 Å². The number of amides is 1. The van der Waals surface area contributed by atoms with Gasteiger partial charge in [0.15, 0.2) is 0 Å². The zero-order valence-corrected chi connectivity index (χ0v) is 23.1. The zero-order chi connectivity index (χ0) is 28.6. The van der Waals surface area contributed by atoms with Crippen LogP contribution in [0.1, 0.15) is 56.1 Å². The molecule has 0 spiro atoms. The van der Waals surface area contributed by atoms with Gasteiger partial charge in [0, 0.05) is 34.3 Å². The number of carboxylic acids is 1. The summed E-state index contributed by atoms with van der Waals surface area (Å²) in [6.45, 7) is 6.43. The molecular formula is C33H28ClFN2O3. The molecule has 40 heavy (non-hydrogen) atoms. The number of nitrogens with one attached hydrogen (secondary N) is 1. The summed E-state index contributed by atoms with van der Waals surface area (Å²) in [5.74, 6) is -1.78. The molecule has 1 unspecified atom stereocenters. The summed E-state index contributed by atoms with van der Waals surface area (Å²) in [7, 11) is 0. The van der Waals surface area contributed by atoms with Crippen LogP contribution in [0.3, 0.4) is 0 Å². The van der Waals surface area contributed by atoms with E-state index in [0.29, 0.717) is 23.2 Å². The molecule has 7 heteroatoms. The maximum absolute atomic E-state index is 14.4. The van der Waals surface area contributed by atoms with Crippen LogP contribution in [0.5, 0.6) is 0 Å². The minimum absolute atomic E-state index is 0.0205. The van der Waals surface area contributed by atoms with E-state index in [2.05, 4.69) is 16.8 Å². The lowest BCUT2D eigenvalue weighted by atomic mass is 9.99. The maximum atomic E-state index is 14.4. The molecule has 1 atom stereocenters. The lowest BCUT2D eigenvalue weighted by Gasteiger charge is -2.16. The number of benzene rings is 4. The Morgan fingerprint density at radius 1 is 0.975 bits per heavy atom. The van der Waals surface area contributed by atoms with Gasteiger partial charge in [0.2, 0.25) is 0 Å². The van der Waals surface area contributed by atoms with Gasteiger partial charge in [0.05, 0.1) is 16.6 Å². The van der Waals surface area contributed by atoms with E-state index in [9.17, 15) is 19.1 Å². The van der Waals surface area contributed by atoms with E-state index in [1.54, 1.807) is 37.3 Å². The Balaban J connectivity index is 1.39. The quantitative estimate of drug-likeness (QED) is 0.214. The van der Waals surface area contributed by atoms with Crippen molar-refractivity contribution in [3.05, 3.63) is 129 Å². The first-order valence-corrected chi connectivity index (χ1v) is 13.3. The van der Waals surface area contributed by atoms with Crippen molar-refractivity contribution >= 4 is 34.4 Å². The number of hydrogen-bond acceptors (Lipinski definition) is 2. The van der Waals surface area contributed by atoms with Crippen LogP contribution in [-0.2, 0) is 6.54 Å². The third-order valence-electron chi connectivity index (χ3n) is 7.46. The molecule has 0 aliphatic carbocycles. The summed E-state index contributed by atoms with van der Waals surface area (Å²) >= 11 is 5.91. The lowest BCUT2D eigenvalue weighted by Crippen LogP contribution is -2.27. The van der Waals surface area contributed by atoms with Crippen LogP contribution in [0.25, 0.3) is 22.0 Å². The molecule has 5 rings (SSSR count). The molecule has 0 radical (unpaired) electrons. The fourth-order valence-corrected chi connectivity index (χ4v) is 5.28. The molecule has 1 heterocycles. The van der Waals surface area contributed by atoms with Crippen molar-refractivity contribution in [1.29, 1.82) is 0 Å². The minimum Gasteiger partial charge on any atom is -0.478 e. The first-order chi connectivity index (χ1) is 19.2. The van der Waals surface area contributed by atoms with Gasteiger partial charge in [0.25, 0.3) is 5.91 Å². The smallest absolute Gasteiger partial charge is 0.336 e. The minimum atomic E-state index is -0.955. The molecule has 0 aliphatic rings. The number of hydrogen-bond donors (Lipinski definition) is 2. The topological polar surface area (TPSA) is 71.3 Å². The Kier molecular flexibility index (Phi) is 7.46. The van der Waals surface area contributed by atoms with E-state index >= 15 is 0 Å². The van der Waals surface area contributed by atoms with Gasteiger partial charge >= 0.3 is 5.97 Å². The molecule has 4 aromatic carbocycles. The fourth-order valence-electron chi connectivity index (χ4n) is 5.10. The Morgan fingerprint density at radius 2 is 1.70 bits per heavy atom. The number of carbonyl (C=O) groups excluding carboxylic acids is 1. The van der Waals surface area contributed by atoms with Crippen LogP contribution in [-0.4, -0.2) is 21.6 Å². The van der Waals surface area contributed by atoms with Gasteiger partial charge < -0.3 is 15.0 Å². The number of aromatic nitrogens is 1. The van der Waals surface area contributed by atoms with Crippen molar-refractivity contribution in [3.8, 4) is 11.1 Å². The van der Waals surface area contributed by atoms with Gasteiger partial charge in [-0.2, -0.15) is 0 Å². The fraction of sp³-hybridized carbons (Fsp3) is 0.152. The molecule has 2 N–H and O–H groups in total. The maximum Gasteiger partial charge on any atom is 0.336 e. The SMILES string of the molecule is Cc1c(C)n(Cc2ccc(-c3ccccc3C(=O)O)cc2)c2ccc(C(=O)NC(C)c3cccc(Cl)c3F)cc12. The van der Waals surface area contributed by atoms with E-state index in [1.165, 1.54) is 6.07 Å². The van der Waals surface area contributed by atoms with Crippen LogP contribution in [0.2, 0.25) is 5.02 Å². The number of fused-ring (bicyclic) bond motifs is 1. The van der Waals surface area contributed by atoms with Crippen LogP contribution in [0.15, 0.2) is 84.9 Å². The molecule has 202 valence electrons. The summed E-state index contributed by atoms with van der Waals surface area (Å²) in [4.78, 5) is 24.7. The zero-order valence-electron chi connectivity index (χ0n) is 22.3. The van der Waals surface area contributed by atoms with Gasteiger partial charge in [-0.05, 0) is 73.4 Å². The molecular weight excluding hydrogens is 527 g/mol. The highest BCUT2D eigenvalue weighted by atomic mass is 35.5. The van der Waals surface area contributed by atoms with Gasteiger partial charge in [-0.1, -0.05) is 66.2 Å². The van der Waals surface area contributed by atoms with Crippen molar-refractivity contribution in [2.75, 3.05) is 0 Å². The first kappa shape index (κ1) is 27.2. The van der Waals surface area contributed by atoms with E-state index in [1.807, 2.05) is 55.5 Å². The molecule has 0 fully saturated rings. The monoisotopic (exact) mass is 554 g/mol. The Morgan fingerprint density at radius 3 is 2.42 bits per heavy atom. The van der Waals surface area contributed by atoms with Crippen molar-refractivity contribution in [3.63, 3.8) is 0 Å². The standard InChI is InChI=1S/C33H28ClFN2O3/c1-19-21(3)37(18-22-11-13-23(14-12-22)26-7-4-5-8-27(26)33(39)40)30-16-15-24(17-28(19)30)32(38)36-20(2)25-9-6-10-29(34)31(25)35/h4-17,20H,18H2,1-3H3,(H,36,38)(H,39,40). The second-order valence-electron chi connectivity index (χ2n) is 9.91. The summed E-state index contributed by atoms with van der Waals surface area (Å²) < 4.78 is 16.6. The Bertz CT molecular complexity index is 1760. The van der Waals surface area contributed by atoms with Crippen LogP contribution in [0.4, 0.5) is 4.39 Å². The van der Waals surface area contributed by atoms with Crippen LogP contribution in [0, 0.1) is 19.7 Å². The molecule has 5 aromatic rings. The summed E-state index contributed by atoms with van der Waals surface area (Å²) in [5.41, 5.74) is 6.84. The number of aryl methyl sites for hydroxylation is 1. The number of nitrogens with zero attached hydrogens (tertiary/aromatic N) is 1. The normalized spacial score (nSPS) is 11.9. The third-order valence-corrected chi connectivity index (χ3v) is 7.75. The average molecular weight is 555 g/mol. The molecule has 1 aromatic heterocycles. The molecule has 0 aliphatic heterocycles. The van der Waals surface area contributed by atoms with Crippen molar-refractivity contribution < 1.29 is 19.1 Å². The molecule has 1 amide bonds. The van der Waals surface area contributed by atoms with E-state index in [-0.39, 0.29) is 16.5 Å². The highest BCUT2D eigenvalue weighted by Gasteiger charge is 2.19. The predicted octanol–water partition coefficient (Wildman–Crippen LogP) is 7.96. The van der Waals surface area contributed by atoms with Crippen LogP contribution < -0.4 is 5.32 Å². The highest BCUT2D eigenvalue weighted by molar-refractivity contribution is 6.30. The van der Waals surface area contributed by atoms with Gasteiger partial charge in [-0.3, -0.25) is 4.79 Å². The second-order valence-corrected chi connectivity index (χ2v) is 10.3. The summed E-state index contributed by atoms with van der Waals surface area (Å²) in [6.07, 6.45) is 0. The predicted molar refractivity (Wildman–Crippen MR) is 157 cm³/mol. The van der Waals surface area contributed by atoms with Gasteiger partial charge in [0.1, 0.15) is 5.82 Å². The van der Waals surface area contributed by atoms with Crippen molar-refractivity contribution in [1.82, 2.24) is 9.88 Å². The van der Waals surface area contributed by atoms with Crippen LogP contribution >= 0.6 is 11.6 Å².